The number of rotatable bonds is 5. The van der Waals surface area contributed by atoms with Crippen LogP contribution in [0.1, 0.15) is 11.1 Å². The Kier molecular flexibility index (Phi) is 4.25. The quantitative estimate of drug-likeness (QED) is 0.782. The van der Waals surface area contributed by atoms with Gasteiger partial charge in [0, 0.05) is 30.4 Å². The zero-order valence-electron chi connectivity index (χ0n) is 11.8. The molecule has 2 aromatic carbocycles. The lowest BCUT2D eigenvalue weighted by Crippen LogP contribution is -2.13. The summed E-state index contributed by atoms with van der Waals surface area (Å²) in [4.78, 5) is 0. The Bertz CT molecular complexity index is 754. The first kappa shape index (κ1) is 14.4. The van der Waals surface area contributed by atoms with Crippen LogP contribution in [-0.4, -0.2) is 9.78 Å². The van der Waals surface area contributed by atoms with Crippen molar-refractivity contribution in [3.05, 3.63) is 83.7 Å². The van der Waals surface area contributed by atoms with Crippen molar-refractivity contribution in [2.75, 3.05) is 0 Å². The van der Waals surface area contributed by atoms with Crippen LogP contribution in [0, 0.1) is 11.6 Å². The van der Waals surface area contributed by atoms with Crippen LogP contribution in [0.3, 0.4) is 0 Å². The number of nitrogens with one attached hydrogen (secondary N) is 1. The van der Waals surface area contributed by atoms with Gasteiger partial charge in [-0.1, -0.05) is 18.2 Å². The van der Waals surface area contributed by atoms with Gasteiger partial charge in [0.2, 0.25) is 0 Å². The van der Waals surface area contributed by atoms with E-state index in [1.807, 2.05) is 36.5 Å². The van der Waals surface area contributed by atoms with E-state index in [0.717, 1.165) is 23.4 Å². The first-order valence-electron chi connectivity index (χ1n) is 6.96. The molecule has 0 fully saturated rings. The molecule has 0 aliphatic rings. The van der Waals surface area contributed by atoms with Crippen LogP contribution >= 0.6 is 0 Å². The summed E-state index contributed by atoms with van der Waals surface area (Å²) in [5.74, 6) is -0.844. The topological polar surface area (TPSA) is 29.9 Å². The molecule has 0 atom stereocenters. The van der Waals surface area contributed by atoms with E-state index in [9.17, 15) is 8.78 Å². The van der Waals surface area contributed by atoms with E-state index in [0.29, 0.717) is 12.1 Å². The van der Waals surface area contributed by atoms with E-state index in [1.165, 1.54) is 6.07 Å². The predicted octanol–water partition coefficient (Wildman–Crippen LogP) is 3.44. The van der Waals surface area contributed by atoms with Crippen molar-refractivity contribution in [1.82, 2.24) is 15.1 Å². The summed E-state index contributed by atoms with van der Waals surface area (Å²) < 4.78 is 28.4. The molecule has 3 rings (SSSR count). The van der Waals surface area contributed by atoms with Crippen molar-refractivity contribution in [2.24, 2.45) is 0 Å². The number of para-hydroxylation sites is 1. The Morgan fingerprint density at radius 3 is 2.64 bits per heavy atom. The molecule has 0 aliphatic carbocycles. The summed E-state index contributed by atoms with van der Waals surface area (Å²) in [6.07, 6.45) is 3.66. The number of halogens is 2. The fourth-order valence-corrected chi connectivity index (χ4v) is 2.19. The molecular formula is C17H15F2N3. The second kappa shape index (κ2) is 6.49. The molecule has 0 radical (unpaired) electrons. The Morgan fingerprint density at radius 1 is 1.00 bits per heavy atom. The summed E-state index contributed by atoms with van der Waals surface area (Å²) in [6, 6.07) is 13.2. The van der Waals surface area contributed by atoms with Gasteiger partial charge in [-0.25, -0.2) is 13.5 Å². The van der Waals surface area contributed by atoms with Crippen LogP contribution in [0.5, 0.6) is 0 Å². The molecule has 0 aliphatic heterocycles. The van der Waals surface area contributed by atoms with E-state index >= 15 is 0 Å². The van der Waals surface area contributed by atoms with Gasteiger partial charge in [-0.15, -0.1) is 0 Å². The minimum Gasteiger partial charge on any atom is -0.308 e. The molecule has 0 spiro atoms. The number of hydrogen-bond acceptors (Lipinski definition) is 2. The largest absolute Gasteiger partial charge is 0.308 e. The van der Waals surface area contributed by atoms with Crippen LogP contribution in [0.4, 0.5) is 8.78 Å². The third-order valence-electron chi connectivity index (χ3n) is 3.31. The van der Waals surface area contributed by atoms with Gasteiger partial charge in [-0.3, -0.25) is 0 Å². The Hall–Kier alpha value is -2.53. The highest BCUT2D eigenvalue weighted by Gasteiger charge is 2.04. The summed E-state index contributed by atoms with van der Waals surface area (Å²) in [5.41, 5.74) is 2.26. The summed E-state index contributed by atoms with van der Waals surface area (Å²) in [6.45, 7) is 0.795. The molecule has 22 heavy (non-hydrogen) atoms. The van der Waals surface area contributed by atoms with E-state index < -0.39 is 11.6 Å². The molecular weight excluding hydrogens is 284 g/mol. The van der Waals surface area contributed by atoms with E-state index in [4.69, 9.17) is 0 Å². The molecule has 0 bridgehead atoms. The third-order valence-corrected chi connectivity index (χ3v) is 3.31. The minimum absolute atomic E-state index is 0.264. The molecule has 112 valence electrons. The van der Waals surface area contributed by atoms with Gasteiger partial charge in [0.1, 0.15) is 11.6 Å². The van der Waals surface area contributed by atoms with Gasteiger partial charge in [0.15, 0.2) is 0 Å². The number of benzene rings is 2. The SMILES string of the molecule is Fc1ccc(F)c(CNCc2cnn(-c3ccccc3)c2)c1. The normalized spacial score (nSPS) is 10.8. The first-order chi connectivity index (χ1) is 10.7. The first-order valence-corrected chi connectivity index (χ1v) is 6.96. The standard InChI is InChI=1S/C17H15F2N3/c18-15-6-7-17(19)14(8-15)11-20-9-13-10-21-22(12-13)16-4-2-1-3-5-16/h1-8,10,12,20H,9,11H2. The maximum absolute atomic E-state index is 13.5. The maximum Gasteiger partial charge on any atom is 0.127 e. The van der Waals surface area contributed by atoms with Crippen molar-refractivity contribution < 1.29 is 8.78 Å². The van der Waals surface area contributed by atoms with E-state index in [1.54, 1.807) is 10.9 Å². The second-order valence-corrected chi connectivity index (χ2v) is 4.97. The van der Waals surface area contributed by atoms with Crippen molar-refractivity contribution in [2.45, 2.75) is 13.1 Å². The molecule has 3 aromatic rings. The third kappa shape index (κ3) is 3.38. The molecule has 0 saturated heterocycles. The molecule has 1 N–H and O–H groups in total. The lowest BCUT2D eigenvalue weighted by Gasteiger charge is -2.05. The zero-order valence-corrected chi connectivity index (χ0v) is 11.8. The lowest BCUT2D eigenvalue weighted by molar-refractivity contribution is 0.568. The van der Waals surface area contributed by atoms with Gasteiger partial charge in [-0.2, -0.15) is 5.10 Å². The van der Waals surface area contributed by atoms with Crippen LogP contribution in [0.15, 0.2) is 60.9 Å². The van der Waals surface area contributed by atoms with Gasteiger partial charge >= 0.3 is 0 Å². The van der Waals surface area contributed by atoms with E-state index in [2.05, 4.69) is 10.4 Å². The summed E-state index contributed by atoms with van der Waals surface area (Å²) >= 11 is 0. The van der Waals surface area contributed by atoms with E-state index in [-0.39, 0.29) is 6.54 Å². The fraction of sp³-hybridized carbons (Fsp3) is 0.118. The maximum atomic E-state index is 13.5. The van der Waals surface area contributed by atoms with Crippen LogP contribution in [-0.2, 0) is 13.1 Å². The highest BCUT2D eigenvalue weighted by atomic mass is 19.1. The molecule has 0 amide bonds. The highest BCUT2D eigenvalue weighted by Crippen LogP contribution is 2.10. The molecule has 1 heterocycles. The monoisotopic (exact) mass is 299 g/mol. The van der Waals surface area contributed by atoms with Crippen LogP contribution in [0.2, 0.25) is 0 Å². The van der Waals surface area contributed by atoms with Gasteiger partial charge < -0.3 is 5.32 Å². The summed E-state index contributed by atoms with van der Waals surface area (Å²) in [7, 11) is 0. The fourth-order valence-electron chi connectivity index (χ4n) is 2.19. The van der Waals surface area contributed by atoms with Crippen LogP contribution < -0.4 is 5.32 Å². The Labute approximate surface area is 127 Å². The molecule has 5 heteroatoms. The molecule has 0 unspecified atom stereocenters. The molecule has 1 aromatic heterocycles. The Balaban J connectivity index is 1.61. The lowest BCUT2D eigenvalue weighted by atomic mass is 10.2. The Morgan fingerprint density at radius 2 is 1.82 bits per heavy atom. The van der Waals surface area contributed by atoms with Crippen molar-refractivity contribution in [1.29, 1.82) is 0 Å². The van der Waals surface area contributed by atoms with Gasteiger partial charge in [0.05, 0.1) is 11.9 Å². The smallest absolute Gasteiger partial charge is 0.127 e. The van der Waals surface area contributed by atoms with Crippen molar-refractivity contribution >= 4 is 0 Å². The van der Waals surface area contributed by atoms with Crippen LogP contribution in [0.25, 0.3) is 5.69 Å². The number of nitrogens with zero attached hydrogens (tertiary/aromatic N) is 2. The number of aromatic nitrogens is 2. The molecule has 0 saturated carbocycles. The highest BCUT2D eigenvalue weighted by molar-refractivity contribution is 5.30. The predicted molar refractivity (Wildman–Crippen MR) is 80.5 cm³/mol. The zero-order chi connectivity index (χ0) is 15.4. The van der Waals surface area contributed by atoms with Crippen molar-refractivity contribution in [3.8, 4) is 5.69 Å². The van der Waals surface area contributed by atoms with Crippen molar-refractivity contribution in [3.63, 3.8) is 0 Å². The average molecular weight is 299 g/mol. The molecule has 3 nitrogen and oxygen atoms in total. The second-order valence-electron chi connectivity index (χ2n) is 4.97. The average Bonchev–Trinajstić information content (AvgIpc) is 3.00. The summed E-state index contributed by atoms with van der Waals surface area (Å²) in [5, 5.41) is 7.38. The number of hydrogen-bond donors (Lipinski definition) is 1. The van der Waals surface area contributed by atoms with Gasteiger partial charge in [0.25, 0.3) is 0 Å². The van der Waals surface area contributed by atoms with Gasteiger partial charge in [-0.05, 0) is 30.3 Å². The minimum atomic E-state index is -0.435.